The molecule has 0 bridgehead atoms. The highest BCUT2D eigenvalue weighted by molar-refractivity contribution is 7.83. The van der Waals surface area contributed by atoms with Crippen LogP contribution in [0.2, 0.25) is 0 Å². The van der Waals surface area contributed by atoms with Crippen molar-refractivity contribution >= 4 is 22.6 Å². The molecule has 6 rings (SSSR count). The number of hydrogen-bond donors (Lipinski definition) is 1. The predicted molar refractivity (Wildman–Crippen MR) is 161 cm³/mol. The normalized spacial score (nSPS) is 19.7. The minimum absolute atomic E-state index is 0.0164. The fourth-order valence-corrected chi connectivity index (χ4v) is 6.62. The topological polar surface area (TPSA) is 67.2 Å². The fourth-order valence-electron chi connectivity index (χ4n) is 5.59. The molecule has 2 aliphatic rings. The van der Waals surface area contributed by atoms with Gasteiger partial charge < -0.3 is 9.47 Å². The van der Waals surface area contributed by atoms with Gasteiger partial charge in [0, 0.05) is 37.1 Å². The first-order chi connectivity index (χ1) is 20.4. The van der Waals surface area contributed by atoms with E-state index in [1.54, 1.807) is 17.2 Å². The van der Waals surface area contributed by atoms with E-state index < -0.39 is 11.0 Å². The van der Waals surface area contributed by atoms with Gasteiger partial charge in [-0.15, -0.1) is 0 Å². The van der Waals surface area contributed by atoms with E-state index in [0.29, 0.717) is 17.9 Å². The van der Waals surface area contributed by atoms with E-state index >= 15 is 0 Å². The Bertz CT molecular complexity index is 1570. The van der Waals surface area contributed by atoms with E-state index in [0.717, 1.165) is 47.5 Å². The van der Waals surface area contributed by atoms with Gasteiger partial charge in [-0.1, -0.05) is 32.0 Å². The molecule has 1 fully saturated rings. The van der Waals surface area contributed by atoms with Crippen molar-refractivity contribution in [2.24, 2.45) is 13.0 Å². The van der Waals surface area contributed by atoms with Crippen molar-refractivity contribution in [1.29, 1.82) is 0 Å². The second-order valence-electron chi connectivity index (χ2n) is 10.6. The number of hydrogen-bond acceptors (Lipinski definition) is 3. The van der Waals surface area contributed by atoms with Crippen LogP contribution in [0.3, 0.4) is 0 Å². The molecule has 1 saturated carbocycles. The minimum Gasteiger partial charge on any atom is -0.337 e. The number of amides is 1. The third-order valence-electron chi connectivity index (χ3n) is 7.90. The molecule has 42 heavy (non-hydrogen) atoms. The Morgan fingerprint density at radius 2 is 1.86 bits per heavy atom. The number of nitrogens with one attached hydrogen (secondary N) is 1. The third-order valence-corrected chi connectivity index (χ3v) is 9.10. The smallest absolute Gasteiger partial charge is 0.231 e. The summed E-state index contributed by atoms with van der Waals surface area (Å²) in [6, 6.07) is 18.0. The molecule has 0 aliphatic heterocycles. The average molecular weight is 591 g/mol. The number of aromatic nitrogens is 2. The van der Waals surface area contributed by atoms with Crippen LogP contribution in [0.15, 0.2) is 84.0 Å². The van der Waals surface area contributed by atoms with Crippen LogP contribution in [0.4, 0.5) is 14.5 Å². The lowest BCUT2D eigenvalue weighted by Crippen LogP contribution is -2.34. The summed E-state index contributed by atoms with van der Waals surface area (Å²) < 4.78 is 45.4. The molecule has 4 atom stereocenters. The summed E-state index contributed by atoms with van der Waals surface area (Å²) in [6.07, 6.45) is 6.86. The highest BCUT2D eigenvalue weighted by atomic mass is 32.2. The molecule has 1 heterocycles. The van der Waals surface area contributed by atoms with E-state index in [1.807, 2.05) is 49.9 Å². The van der Waals surface area contributed by atoms with E-state index in [9.17, 15) is 17.8 Å². The first kappa shape index (κ1) is 29.8. The minimum atomic E-state index is -1.52. The van der Waals surface area contributed by atoms with Crippen LogP contribution >= 0.6 is 0 Å². The average Bonchev–Trinajstić information content (AvgIpc) is 3.71. The van der Waals surface area contributed by atoms with Gasteiger partial charge in [-0.2, -0.15) is 0 Å². The molecule has 1 aromatic heterocycles. The number of rotatable bonds is 8. The first-order valence-corrected chi connectivity index (χ1v) is 15.6. The van der Waals surface area contributed by atoms with Gasteiger partial charge >= 0.3 is 0 Å². The maximum atomic E-state index is 14.0. The summed E-state index contributed by atoms with van der Waals surface area (Å²) in [5.74, 6) is -0.198. The summed E-state index contributed by atoms with van der Waals surface area (Å²) in [5, 5.41) is 0. The summed E-state index contributed by atoms with van der Waals surface area (Å²) in [4.78, 5) is 20.7. The van der Waals surface area contributed by atoms with Gasteiger partial charge in [0.1, 0.15) is 28.4 Å². The van der Waals surface area contributed by atoms with Crippen LogP contribution in [-0.2, 0) is 35.8 Å². The molecule has 0 radical (unpaired) electrons. The van der Waals surface area contributed by atoms with E-state index in [-0.39, 0.29) is 35.4 Å². The van der Waals surface area contributed by atoms with Crippen molar-refractivity contribution in [3.63, 3.8) is 0 Å². The Balaban J connectivity index is 0.00000173. The fraction of sp³-hybridized carbons (Fsp3) is 0.333. The van der Waals surface area contributed by atoms with Crippen LogP contribution < -0.4 is 9.62 Å². The van der Waals surface area contributed by atoms with E-state index in [2.05, 4.69) is 15.8 Å². The highest BCUT2D eigenvalue weighted by Crippen LogP contribution is 2.49. The number of carbonyl (C=O) groups excluding carboxylic acids is 1. The highest BCUT2D eigenvalue weighted by Gasteiger charge is 2.46. The number of carbonyl (C=O) groups is 1. The molecule has 220 valence electrons. The Morgan fingerprint density at radius 3 is 2.57 bits per heavy atom. The van der Waals surface area contributed by atoms with Gasteiger partial charge in [-0.3, -0.25) is 4.79 Å². The van der Waals surface area contributed by atoms with Gasteiger partial charge in [0.15, 0.2) is 0 Å². The van der Waals surface area contributed by atoms with Gasteiger partial charge in [0.2, 0.25) is 5.91 Å². The van der Waals surface area contributed by atoms with Gasteiger partial charge in [-0.05, 0) is 96.8 Å². The number of aryl methyl sites for hydroxylation is 2. The van der Waals surface area contributed by atoms with E-state index in [4.69, 9.17) is 0 Å². The number of fused-ring (bicyclic) bond motifs is 1. The van der Waals surface area contributed by atoms with Gasteiger partial charge in [0.25, 0.3) is 0 Å². The van der Waals surface area contributed by atoms with Crippen molar-refractivity contribution in [1.82, 2.24) is 14.3 Å². The lowest BCUT2D eigenvalue weighted by atomic mass is 9.87. The number of imidazole rings is 1. The van der Waals surface area contributed by atoms with Crippen LogP contribution in [0, 0.1) is 17.6 Å². The monoisotopic (exact) mass is 590 g/mol. The zero-order chi connectivity index (χ0) is 29.8. The number of anilines is 1. The maximum absolute atomic E-state index is 14.0. The van der Waals surface area contributed by atoms with Crippen LogP contribution in [0.5, 0.6) is 0 Å². The molecule has 0 spiro atoms. The number of benzene rings is 3. The summed E-state index contributed by atoms with van der Waals surface area (Å²) in [5.41, 5.74) is 3.75. The molecule has 1 amide bonds. The molecule has 3 aromatic carbocycles. The molecular formula is C33H36F2N4O2S. The Morgan fingerprint density at radius 1 is 1.07 bits per heavy atom. The largest absolute Gasteiger partial charge is 0.337 e. The SMILES string of the molecule is CC.Cn1ccnc1CN(C(=O)C1CC1c1cccc(F)c1)c1ccc2c(c1)C(NS(=O)c1ccc(F)cc1)CCC2. The van der Waals surface area contributed by atoms with Crippen LogP contribution in [0.1, 0.15) is 67.6 Å². The van der Waals surface area contributed by atoms with Gasteiger partial charge in [-0.25, -0.2) is 22.7 Å². The van der Waals surface area contributed by atoms with Gasteiger partial charge in [0.05, 0.1) is 11.4 Å². The molecule has 0 saturated heterocycles. The quantitative estimate of drug-likeness (QED) is 0.247. The second-order valence-corrected chi connectivity index (χ2v) is 11.8. The third kappa shape index (κ3) is 6.52. The zero-order valence-electron chi connectivity index (χ0n) is 24.1. The number of nitrogens with zero attached hydrogens (tertiary/aromatic N) is 3. The lowest BCUT2D eigenvalue weighted by molar-refractivity contribution is -0.120. The molecule has 4 unspecified atom stereocenters. The van der Waals surface area contributed by atoms with Crippen molar-refractivity contribution in [2.45, 2.75) is 62.9 Å². The second kappa shape index (κ2) is 13.1. The Hall–Kier alpha value is -3.69. The summed E-state index contributed by atoms with van der Waals surface area (Å²) in [7, 11) is 0.380. The Labute approximate surface area is 248 Å². The molecule has 2 aliphatic carbocycles. The van der Waals surface area contributed by atoms with Crippen molar-refractivity contribution in [3.05, 3.63) is 113 Å². The lowest BCUT2D eigenvalue weighted by Gasteiger charge is -2.29. The molecule has 9 heteroatoms. The summed E-state index contributed by atoms with van der Waals surface area (Å²) >= 11 is 0. The van der Waals surface area contributed by atoms with Crippen LogP contribution in [0.25, 0.3) is 0 Å². The van der Waals surface area contributed by atoms with Crippen molar-refractivity contribution in [2.75, 3.05) is 4.90 Å². The standard InChI is InChI=1S/C31H30F2N4O2S.C2H6/c1-36-15-14-34-30(36)19-37(31(38)28-18-26(28)21-5-2-6-23(33)16-21)24-11-8-20-4-3-7-29(27(20)17-24)35-40(39)25-12-9-22(32)10-13-25;1-2/h2,5-6,8-17,26,28-29,35H,3-4,7,18-19H2,1H3;1-2H3. The van der Waals surface area contributed by atoms with Crippen LogP contribution in [-0.4, -0.2) is 19.7 Å². The first-order valence-electron chi connectivity index (χ1n) is 14.5. The van der Waals surface area contributed by atoms with E-state index in [1.165, 1.54) is 36.4 Å². The Kier molecular flexibility index (Phi) is 9.28. The maximum Gasteiger partial charge on any atom is 0.231 e. The molecular weight excluding hydrogens is 554 g/mol. The molecule has 4 aromatic rings. The number of halogens is 2. The summed E-state index contributed by atoms with van der Waals surface area (Å²) in [6.45, 7) is 4.30. The molecule has 6 nitrogen and oxygen atoms in total. The predicted octanol–water partition coefficient (Wildman–Crippen LogP) is 6.75. The van der Waals surface area contributed by atoms with Crippen molar-refractivity contribution in [3.8, 4) is 0 Å². The van der Waals surface area contributed by atoms with Crippen molar-refractivity contribution < 1.29 is 17.8 Å². The molecule has 1 N–H and O–H groups in total. The zero-order valence-corrected chi connectivity index (χ0v) is 24.9.